The van der Waals surface area contributed by atoms with Gasteiger partial charge in [-0.05, 0) is 12.1 Å². The molecule has 24 heavy (non-hydrogen) atoms. The van der Waals surface area contributed by atoms with Crippen molar-refractivity contribution < 1.29 is 18.3 Å². The van der Waals surface area contributed by atoms with Gasteiger partial charge in [0, 0.05) is 38.8 Å². The highest BCUT2D eigenvalue weighted by Crippen LogP contribution is 2.16. The number of nitrogens with one attached hydrogen (secondary N) is 1. The highest BCUT2D eigenvalue weighted by molar-refractivity contribution is 5.89. The van der Waals surface area contributed by atoms with Crippen molar-refractivity contribution in [3.8, 4) is 6.07 Å². The van der Waals surface area contributed by atoms with Gasteiger partial charge in [0.05, 0.1) is 31.4 Å². The predicted octanol–water partition coefficient (Wildman–Crippen LogP) is 2.04. The highest BCUT2D eigenvalue weighted by atomic mass is 19.1. The SMILES string of the molecule is N#CCCN(CCN1CCOCC1)C(=O)Nc1cc(F)ccc1F. The maximum Gasteiger partial charge on any atom is 0.322 e. The van der Waals surface area contributed by atoms with Crippen LogP contribution in [0.25, 0.3) is 0 Å². The van der Waals surface area contributed by atoms with Crippen molar-refractivity contribution in [1.29, 1.82) is 5.26 Å². The lowest BCUT2D eigenvalue weighted by molar-refractivity contribution is 0.0352. The number of carbonyl (C=O) groups excluding carboxylic acids is 1. The Kier molecular flexibility index (Phi) is 6.90. The number of morpholine rings is 1. The molecule has 1 aromatic rings. The first-order valence-electron chi connectivity index (χ1n) is 7.78. The molecule has 1 aliphatic heterocycles. The van der Waals surface area contributed by atoms with Gasteiger partial charge in [0.2, 0.25) is 0 Å². The van der Waals surface area contributed by atoms with Crippen molar-refractivity contribution >= 4 is 11.7 Å². The molecule has 0 aromatic heterocycles. The fourth-order valence-corrected chi connectivity index (χ4v) is 2.37. The largest absolute Gasteiger partial charge is 0.379 e. The van der Waals surface area contributed by atoms with E-state index in [0.717, 1.165) is 31.3 Å². The fourth-order valence-electron chi connectivity index (χ4n) is 2.37. The normalized spacial score (nSPS) is 14.9. The van der Waals surface area contributed by atoms with Crippen LogP contribution in [0.2, 0.25) is 0 Å². The lowest BCUT2D eigenvalue weighted by Crippen LogP contribution is -2.44. The molecular weight excluding hydrogens is 318 g/mol. The second-order valence-corrected chi connectivity index (χ2v) is 5.40. The summed E-state index contributed by atoms with van der Waals surface area (Å²) < 4.78 is 32.1. The minimum absolute atomic E-state index is 0.169. The topological polar surface area (TPSA) is 68.6 Å². The first-order chi connectivity index (χ1) is 11.6. The minimum atomic E-state index is -0.710. The van der Waals surface area contributed by atoms with Gasteiger partial charge >= 0.3 is 6.03 Å². The zero-order valence-corrected chi connectivity index (χ0v) is 13.3. The number of hydrogen-bond acceptors (Lipinski definition) is 4. The van der Waals surface area contributed by atoms with E-state index in [1.807, 2.05) is 6.07 Å². The monoisotopic (exact) mass is 338 g/mol. The molecule has 1 aliphatic rings. The summed E-state index contributed by atoms with van der Waals surface area (Å²) in [6.07, 6.45) is 0.169. The van der Waals surface area contributed by atoms with Crippen molar-refractivity contribution in [2.45, 2.75) is 6.42 Å². The third-order valence-electron chi connectivity index (χ3n) is 3.74. The Morgan fingerprint density at radius 3 is 2.79 bits per heavy atom. The molecule has 0 aliphatic carbocycles. The molecule has 8 heteroatoms. The average Bonchev–Trinajstić information content (AvgIpc) is 2.59. The molecule has 0 radical (unpaired) electrons. The van der Waals surface area contributed by atoms with Crippen LogP contribution in [0.1, 0.15) is 6.42 Å². The zero-order valence-electron chi connectivity index (χ0n) is 13.3. The molecule has 2 rings (SSSR count). The minimum Gasteiger partial charge on any atom is -0.379 e. The lowest BCUT2D eigenvalue weighted by atomic mass is 10.3. The molecule has 0 bridgehead atoms. The van der Waals surface area contributed by atoms with Crippen LogP contribution in [0, 0.1) is 23.0 Å². The Hall–Kier alpha value is -2.24. The number of nitriles is 1. The standard InChI is InChI=1S/C16H20F2N4O2/c17-13-2-3-14(18)15(12-13)20-16(23)22(5-1-4-19)7-6-21-8-10-24-11-9-21/h2-3,12H,1,5-11H2,(H,20,23). The maximum atomic E-state index is 13.6. The Morgan fingerprint density at radius 1 is 1.33 bits per heavy atom. The van der Waals surface area contributed by atoms with E-state index in [2.05, 4.69) is 10.2 Å². The molecule has 130 valence electrons. The van der Waals surface area contributed by atoms with Crippen LogP contribution in [-0.4, -0.2) is 61.8 Å². The summed E-state index contributed by atoms with van der Waals surface area (Å²) in [4.78, 5) is 15.9. The molecule has 6 nitrogen and oxygen atoms in total. The molecule has 1 saturated heterocycles. The quantitative estimate of drug-likeness (QED) is 0.862. The van der Waals surface area contributed by atoms with Gasteiger partial charge in [0.25, 0.3) is 0 Å². The van der Waals surface area contributed by atoms with Gasteiger partial charge in [-0.25, -0.2) is 13.6 Å². The number of hydrogen-bond donors (Lipinski definition) is 1. The first-order valence-corrected chi connectivity index (χ1v) is 7.78. The second kappa shape index (κ2) is 9.15. The van der Waals surface area contributed by atoms with E-state index in [1.54, 1.807) is 0 Å². The second-order valence-electron chi connectivity index (χ2n) is 5.40. The summed E-state index contributed by atoms with van der Waals surface area (Å²) in [5.74, 6) is -1.35. The van der Waals surface area contributed by atoms with Crippen LogP contribution < -0.4 is 5.32 Å². The van der Waals surface area contributed by atoms with Crippen molar-refractivity contribution in [3.63, 3.8) is 0 Å². The summed E-state index contributed by atoms with van der Waals surface area (Å²) in [5.41, 5.74) is -0.215. The molecule has 1 fully saturated rings. The highest BCUT2D eigenvalue weighted by Gasteiger charge is 2.18. The van der Waals surface area contributed by atoms with E-state index in [1.165, 1.54) is 4.90 Å². The van der Waals surface area contributed by atoms with Crippen LogP contribution in [0.15, 0.2) is 18.2 Å². The Labute approximate surface area is 139 Å². The molecule has 2 amide bonds. The number of rotatable bonds is 6. The van der Waals surface area contributed by atoms with Gasteiger partial charge in [0.15, 0.2) is 0 Å². The van der Waals surface area contributed by atoms with E-state index < -0.39 is 17.7 Å². The lowest BCUT2D eigenvalue weighted by Gasteiger charge is -2.30. The van der Waals surface area contributed by atoms with Crippen LogP contribution in [0.5, 0.6) is 0 Å². The summed E-state index contributed by atoms with van der Waals surface area (Å²) in [7, 11) is 0. The van der Waals surface area contributed by atoms with Crippen LogP contribution in [0.3, 0.4) is 0 Å². The Bertz CT molecular complexity index is 600. The van der Waals surface area contributed by atoms with Crippen LogP contribution in [0.4, 0.5) is 19.3 Å². The third kappa shape index (κ3) is 5.44. The molecule has 1 N–H and O–H groups in total. The van der Waals surface area contributed by atoms with Gasteiger partial charge in [-0.15, -0.1) is 0 Å². The summed E-state index contributed by atoms with van der Waals surface area (Å²) in [5, 5.41) is 11.1. The van der Waals surface area contributed by atoms with Crippen molar-refractivity contribution in [2.75, 3.05) is 51.3 Å². The first kappa shape index (κ1) is 18.1. The Morgan fingerprint density at radius 2 is 2.08 bits per heavy atom. The smallest absolute Gasteiger partial charge is 0.322 e. The van der Waals surface area contributed by atoms with Gasteiger partial charge < -0.3 is 15.0 Å². The number of urea groups is 1. The third-order valence-corrected chi connectivity index (χ3v) is 3.74. The molecule has 0 atom stereocenters. The fraction of sp³-hybridized carbons (Fsp3) is 0.500. The van der Waals surface area contributed by atoms with Gasteiger partial charge in [0.1, 0.15) is 11.6 Å². The number of ether oxygens (including phenoxy) is 1. The van der Waals surface area contributed by atoms with E-state index in [-0.39, 0.29) is 18.7 Å². The summed E-state index contributed by atoms with van der Waals surface area (Å²) in [6, 6.07) is 4.30. The number of nitrogens with zero attached hydrogens (tertiary/aromatic N) is 3. The van der Waals surface area contributed by atoms with Gasteiger partial charge in [-0.1, -0.05) is 0 Å². The van der Waals surface area contributed by atoms with Crippen molar-refractivity contribution in [2.24, 2.45) is 0 Å². The van der Waals surface area contributed by atoms with Crippen LogP contribution >= 0.6 is 0 Å². The molecule has 0 saturated carbocycles. The van der Waals surface area contributed by atoms with E-state index in [9.17, 15) is 13.6 Å². The van der Waals surface area contributed by atoms with E-state index >= 15 is 0 Å². The summed E-state index contributed by atoms with van der Waals surface area (Å²) >= 11 is 0. The molecular formula is C16H20F2N4O2. The van der Waals surface area contributed by atoms with Gasteiger partial charge in [-0.3, -0.25) is 4.90 Å². The number of carbonyl (C=O) groups is 1. The van der Waals surface area contributed by atoms with E-state index in [0.29, 0.717) is 26.3 Å². The van der Waals surface area contributed by atoms with Gasteiger partial charge in [-0.2, -0.15) is 5.26 Å². The molecule has 0 unspecified atom stereocenters. The number of benzene rings is 1. The molecule has 1 heterocycles. The van der Waals surface area contributed by atoms with Crippen LogP contribution in [-0.2, 0) is 4.74 Å². The summed E-state index contributed by atoms with van der Waals surface area (Å²) in [6.45, 7) is 4.12. The van der Waals surface area contributed by atoms with E-state index in [4.69, 9.17) is 10.00 Å². The maximum absolute atomic E-state index is 13.6. The Balaban J connectivity index is 1.96. The number of halogens is 2. The predicted molar refractivity (Wildman–Crippen MR) is 84.4 cm³/mol. The number of amides is 2. The molecule has 0 spiro atoms. The molecule has 1 aromatic carbocycles. The van der Waals surface area contributed by atoms with Crippen molar-refractivity contribution in [3.05, 3.63) is 29.8 Å². The van der Waals surface area contributed by atoms with Crippen molar-refractivity contribution in [1.82, 2.24) is 9.80 Å². The average molecular weight is 338 g/mol. The zero-order chi connectivity index (χ0) is 17.4. The number of anilines is 1.